The molecule has 0 amide bonds. The van der Waals surface area contributed by atoms with Crippen molar-refractivity contribution < 1.29 is 14.3 Å². The molecule has 0 bridgehead atoms. The molecular formula is C15H20BrNO3. The third-order valence-electron chi connectivity index (χ3n) is 4.13. The third-order valence-corrected chi connectivity index (χ3v) is 4.88. The van der Waals surface area contributed by atoms with E-state index in [1.165, 1.54) is 0 Å². The summed E-state index contributed by atoms with van der Waals surface area (Å²) in [4.78, 5) is 12.9. The molecule has 0 spiro atoms. The van der Waals surface area contributed by atoms with Gasteiger partial charge in [-0.3, -0.25) is 4.79 Å². The van der Waals surface area contributed by atoms with Gasteiger partial charge in [-0.1, -0.05) is 6.92 Å². The van der Waals surface area contributed by atoms with E-state index in [0.29, 0.717) is 21.5 Å². The first-order valence-corrected chi connectivity index (χ1v) is 7.55. The van der Waals surface area contributed by atoms with E-state index in [4.69, 9.17) is 9.47 Å². The number of methoxy groups -OCH3 is 2. The summed E-state index contributed by atoms with van der Waals surface area (Å²) < 4.78 is 11.4. The first-order chi connectivity index (χ1) is 9.59. The van der Waals surface area contributed by atoms with Gasteiger partial charge in [0.15, 0.2) is 5.78 Å². The van der Waals surface area contributed by atoms with Crippen LogP contribution in [0.25, 0.3) is 0 Å². The van der Waals surface area contributed by atoms with Gasteiger partial charge in [-0.2, -0.15) is 0 Å². The lowest BCUT2D eigenvalue weighted by atomic mass is 9.77. The van der Waals surface area contributed by atoms with Crippen LogP contribution >= 0.6 is 15.9 Å². The first kappa shape index (κ1) is 15.3. The predicted molar refractivity (Wildman–Crippen MR) is 81.8 cm³/mol. The van der Waals surface area contributed by atoms with Crippen molar-refractivity contribution in [1.29, 1.82) is 0 Å². The molecule has 0 radical (unpaired) electrons. The van der Waals surface area contributed by atoms with E-state index in [0.717, 1.165) is 25.9 Å². The van der Waals surface area contributed by atoms with Crippen LogP contribution in [0.15, 0.2) is 16.6 Å². The second-order valence-corrected chi connectivity index (χ2v) is 5.85. The quantitative estimate of drug-likeness (QED) is 0.836. The van der Waals surface area contributed by atoms with Crippen LogP contribution in [0.4, 0.5) is 0 Å². The minimum absolute atomic E-state index is 0.144. The molecule has 1 aliphatic heterocycles. The number of nitrogens with one attached hydrogen (secondary N) is 1. The Balaban J connectivity index is 2.47. The minimum atomic E-state index is -0.318. The van der Waals surface area contributed by atoms with Crippen LogP contribution in [-0.4, -0.2) is 33.1 Å². The molecule has 1 aliphatic rings. The maximum Gasteiger partial charge on any atom is 0.174 e. The molecule has 0 aromatic heterocycles. The Morgan fingerprint density at radius 2 is 2.15 bits per heavy atom. The number of carbonyl (C=O) groups excluding carboxylic acids is 1. The molecule has 110 valence electrons. The van der Waals surface area contributed by atoms with Gasteiger partial charge in [0.2, 0.25) is 0 Å². The lowest BCUT2D eigenvalue weighted by molar-refractivity contribution is 0.0807. The Labute approximate surface area is 128 Å². The maximum atomic E-state index is 12.9. The zero-order valence-electron chi connectivity index (χ0n) is 12.1. The summed E-state index contributed by atoms with van der Waals surface area (Å²) >= 11 is 3.45. The summed E-state index contributed by atoms with van der Waals surface area (Å²) in [5.41, 5.74) is 0.298. The second kappa shape index (κ2) is 6.14. The highest BCUT2D eigenvalue weighted by Crippen LogP contribution is 2.42. The van der Waals surface area contributed by atoms with Crippen LogP contribution in [-0.2, 0) is 0 Å². The summed E-state index contributed by atoms with van der Waals surface area (Å²) in [6.45, 7) is 3.68. The average Bonchev–Trinajstić information content (AvgIpc) is 2.96. The zero-order chi connectivity index (χ0) is 14.8. The van der Waals surface area contributed by atoms with Gasteiger partial charge in [0.25, 0.3) is 0 Å². The Kier molecular flexibility index (Phi) is 4.70. The van der Waals surface area contributed by atoms with Crippen molar-refractivity contribution in [2.45, 2.75) is 19.8 Å². The summed E-state index contributed by atoms with van der Waals surface area (Å²) in [6, 6.07) is 3.59. The van der Waals surface area contributed by atoms with Gasteiger partial charge in [0, 0.05) is 12.0 Å². The van der Waals surface area contributed by atoms with E-state index >= 15 is 0 Å². The monoisotopic (exact) mass is 341 g/mol. The van der Waals surface area contributed by atoms with Gasteiger partial charge < -0.3 is 14.8 Å². The van der Waals surface area contributed by atoms with Gasteiger partial charge in [0.1, 0.15) is 16.0 Å². The van der Waals surface area contributed by atoms with Crippen molar-refractivity contribution in [3.05, 3.63) is 22.2 Å². The highest BCUT2D eigenvalue weighted by Gasteiger charge is 2.41. The van der Waals surface area contributed by atoms with Crippen LogP contribution in [0.2, 0.25) is 0 Å². The van der Waals surface area contributed by atoms with Gasteiger partial charge in [-0.25, -0.2) is 0 Å². The van der Waals surface area contributed by atoms with Crippen molar-refractivity contribution >= 4 is 21.7 Å². The molecular weight excluding hydrogens is 322 g/mol. The maximum absolute atomic E-state index is 12.9. The van der Waals surface area contributed by atoms with Crippen LogP contribution in [0, 0.1) is 5.41 Å². The molecule has 1 unspecified atom stereocenters. The third kappa shape index (κ3) is 2.44. The van der Waals surface area contributed by atoms with Crippen LogP contribution in [0.3, 0.4) is 0 Å². The first-order valence-electron chi connectivity index (χ1n) is 6.75. The Morgan fingerprint density at radius 1 is 1.40 bits per heavy atom. The van der Waals surface area contributed by atoms with E-state index < -0.39 is 0 Å². The standard InChI is InChI=1S/C15H20BrNO3/c1-4-15(7-8-17-9-15)14(18)10-5-6-11(19-2)12(16)13(10)20-3/h5-6,17H,4,7-9H2,1-3H3. The Bertz CT molecular complexity index is 510. The molecule has 0 aliphatic carbocycles. The minimum Gasteiger partial charge on any atom is -0.495 e. The number of benzene rings is 1. The van der Waals surface area contributed by atoms with Gasteiger partial charge in [-0.05, 0) is 47.4 Å². The number of Topliss-reactive ketones (excluding diaryl/α,β-unsaturated/α-hetero) is 1. The fourth-order valence-corrected chi connectivity index (χ4v) is 3.43. The van der Waals surface area contributed by atoms with Crippen LogP contribution in [0.5, 0.6) is 11.5 Å². The second-order valence-electron chi connectivity index (χ2n) is 5.05. The zero-order valence-corrected chi connectivity index (χ0v) is 13.7. The van der Waals surface area contributed by atoms with E-state index in [1.807, 2.05) is 0 Å². The lowest BCUT2D eigenvalue weighted by Gasteiger charge is -2.26. The SMILES string of the molecule is CCC1(C(=O)c2ccc(OC)c(Br)c2OC)CCNC1. The molecule has 1 N–H and O–H groups in total. The lowest BCUT2D eigenvalue weighted by Crippen LogP contribution is -2.33. The summed E-state index contributed by atoms with van der Waals surface area (Å²) in [7, 11) is 3.16. The largest absolute Gasteiger partial charge is 0.495 e. The number of rotatable bonds is 5. The normalized spacial score (nSPS) is 21.8. The van der Waals surface area contributed by atoms with E-state index in [9.17, 15) is 4.79 Å². The van der Waals surface area contributed by atoms with Crippen molar-refractivity contribution in [3.63, 3.8) is 0 Å². The number of hydrogen-bond acceptors (Lipinski definition) is 4. The molecule has 1 heterocycles. The summed E-state index contributed by atoms with van der Waals surface area (Å²) in [6.07, 6.45) is 1.70. The summed E-state index contributed by atoms with van der Waals surface area (Å²) in [5, 5.41) is 3.29. The average molecular weight is 342 g/mol. The smallest absolute Gasteiger partial charge is 0.174 e. The van der Waals surface area contributed by atoms with E-state index in [2.05, 4.69) is 28.2 Å². The van der Waals surface area contributed by atoms with Crippen LogP contribution < -0.4 is 14.8 Å². The predicted octanol–water partition coefficient (Wildman–Crippen LogP) is 3.04. The van der Waals surface area contributed by atoms with Crippen molar-refractivity contribution in [3.8, 4) is 11.5 Å². The molecule has 1 saturated heterocycles. The molecule has 20 heavy (non-hydrogen) atoms. The topological polar surface area (TPSA) is 47.6 Å². The molecule has 2 rings (SSSR count). The molecule has 1 aromatic carbocycles. The van der Waals surface area contributed by atoms with Crippen LogP contribution in [0.1, 0.15) is 30.1 Å². The van der Waals surface area contributed by atoms with Gasteiger partial charge in [0.05, 0.1) is 19.8 Å². The fraction of sp³-hybridized carbons (Fsp3) is 0.533. The number of ketones is 1. The highest BCUT2D eigenvalue weighted by molar-refractivity contribution is 9.10. The number of hydrogen-bond donors (Lipinski definition) is 1. The molecule has 1 atom stereocenters. The van der Waals surface area contributed by atoms with Crippen molar-refractivity contribution in [1.82, 2.24) is 5.32 Å². The highest BCUT2D eigenvalue weighted by atomic mass is 79.9. The Hall–Kier alpha value is -1.07. The number of carbonyl (C=O) groups is 1. The van der Waals surface area contributed by atoms with E-state index in [1.54, 1.807) is 26.4 Å². The van der Waals surface area contributed by atoms with E-state index in [-0.39, 0.29) is 11.2 Å². The fourth-order valence-electron chi connectivity index (χ4n) is 2.76. The summed E-state index contributed by atoms with van der Waals surface area (Å²) in [5.74, 6) is 1.35. The Morgan fingerprint density at radius 3 is 2.65 bits per heavy atom. The van der Waals surface area contributed by atoms with Crippen molar-refractivity contribution in [2.75, 3.05) is 27.3 Å². The molecule has 1 aromatic rings. The molecule has 5 heteroatoms. The molecule has 0 saturated carbocycles. The number of ether oxygens (including phenoxy) is 2. The molecule has 1 fully saturated rings. The molecule has 4 nitrogen and oxygen atoms in total. The van der Waals surface area contributed by atoms with Gasteiger partial charge >= 0.3 is 0 Å². The number of halogens is 1. The van der Waals surface area contributed by atoms with Gasteiger partial charge in [-0.15, -0.1) is 0 Å². The van der Waals surface area contributed by atoms with Crippen molar-refractivity contribution in [2.24, 2.45) is 5.41 Å².